The van der Waals surface area contributed by atoms with Crippen molar-refractivity contribution in [3.8, 4) is 0 Å². The fourth-order valence-corrected chi connectivity index (χ4v) is 3.95. The second-order valence-corrected chi connectivity index (χ2v) is 6.76. The van der Waals surface area contributed by atoms with Crippen molar-refractivity contribution >= 4 is 27.7 Å². The first-order valence-corrected chi connectivity index (χ1v) is 7.36. The molecule has 1 atom stereocenters. The molecule has 0 amide bonds. The molecule has 1 unspecified atom stereocenters. The summed E-state index contributed by atoms with van der Waals surface area (Å²) in [6.45, 7) is 0. The minimum atomic E-state index is -4.82. The highest BCUT2D eigenvalue weighted by atomic mass is 35.5. The predicted octanol–water partition coefficient (Wildman–Crippen LogP) is 1.73. The van der Waals surface area contributed by atoms with Crippen molar-refractivity contribution < 1.29 is 26.4 Å². The van der Waals surface area contributed by atoms with Crippen molar-refractivity contribution in [2.24, 2.45) is 0 Å². The third-order valence-electron chi connectivity index (χ3n) is 2.83. The van der Waals surface area contributed by atoms with Crippen LogP contribution in [-0.4, -0.2) is 36.0 Å². The van der Waals surface area contributed by atoms with Gasteiger partial charge in [-0.2, -0.15) is 18.3 Å². The van der Waals surface area contributed by atoms with E-state index < -0.39 is 38.5 Å². The zero-order valence-corrected chi connectivity index (χ0v) is 10.9. The molecule has 2 rings (SSSR count). The summed E-state index contributed by atoms with van der Waals surface area (Å²) < 4.78 is 61.4. The zero-order valence-electron chi connectivity index (χ0n) is 9.32. The van der Waals surface area contributed by atoms with Gasteiger partial charge in [-0.3, -0.25) is 4.79 Å². The Bertz CT molecular complexity index is 623. The van der Waals surface area contributed by atoms with E-state index in [9.17, 15) is 26.4 Å². The Kier molecular flexibility index (Phi) is 3.38. The summed E-state index contributed by atoms with van der Waals surface area (Å²) in [5.74, 6) is -0.463. The maximum absolute atomic E-state index is 12.7. The molecule has 106 valence electrons. The number of aldehydes is 1. The van der Waals surface area contributed by atoms with Crippen LogP contribution in [0.4, 0.5) is 13.2 Å². The van der Waals surface area contributed by atoms with Gasteiger partial charge in [0.15, 0.2) is 21.8 Å². The summed E-state index contributed by atoms with van der Waals surface area (Å²) in [4.78, 5) is 10.7. The van der Waals surface area contributed by atoms with Crippen molar-refractivity contribution in [1.82, 2.24) is 9.78 Å². The lowest BCUT2D eigenvalue weighted by Crippen LogP contribution is -2.14. The highest BCUT2D eigenvalue weighted by molar-refractivity contribution is 7.91. The molecule has 0 spiro atoms. The van der Waals surface area contributed by atoms with Crippen LogP contribution in [0.2, 0.25) is 5.15 Å². The number of nitrogens with zero attached hydrogens (tertiary/aromatic N) is 2. The summed E-state index contributed by atoms with van der Waals surface area (Å²) >= 11 is 5.68. The normalized spacial score (nSPS) is 22.6. The van der Waals surface area contributed by atoms with Crippen LogP contribution in [0, 0.1) is 0 Å². The van der Waals surface area contributed by atoms with Crippen LogP contribution in [-0.2, 0) is 16.0 Å². The fourth-order valence-electron chi connectivity index (χ4n) is 1.95. The van der Waals surface area contributed by atoms with Gasteiger partial charge in [0, 0.05) is 0 Å². The van der Waals surface area contributed by atoms with Crippen molar-refractivity contribution in [2.45, 2.75) is 18.6 Å². The molecule has 0 bridgehead atoms. The van der Waals surface area contributed by atoms with Gasteiger partial charge < -0.3 is 0 Å². The van der Waals surface area contributed by atoms with Gasteiger partial charge in [0.25, 0.3) is 0 Å². The number of rotatable bonds is 2. The van der Waals surface area contributed by atoms with Crippen molar-refractivity contribution in [3.63, 3.8) is 0 Å². The number of halogens is 4. The third-order valence-corrected chi connectivity index (χ3v) is 4.95. The maximum atomic E-state index is 12.7. The molecule has 1 saturated heterocycles. The Morgan fingerprint density at radius 3 is 2.42 bits per heavy atom. The first-order valence-electron chi connectivity index (χ1n) is 5.16. The van der Waals surface area contributed by atoms with Gasteiger partial charge in [-0.25, -0.2) is 13.1 Å². The standard InChI is InChI=1S/C9H8ClF3N2O3S/c10-8-6(3-16)7(9(11,12)13)14-15(8)5-1-2-19(17,18)4-5/h3,5H,1-2,4H2. The van der Waals surface area contributed by atoms with E-state index in [1.54, 1.807) is 0 Å². The second kappa shape index (κ2) is 4.48. The molecule has 0 aliphatic carbocycles. The molecular weight excluding hydrogens is 309 g/mol. The predicted molar refractivity (Wildman–Crippen MR) is 59.9 cm³/mol. The number of hydrogen-bond acceptors (Lipinski definition) is 4. The fraction of sp³-hybridized carbons (Fsp3) is 0.556. The molecule has 0 radical (unpaired) electrons. The van der Waals surface area contributed by atoms with Crippen molar-refractivity contribution in [3.05, 3.63) is 16.4 Å². The Hall–Kier alpha value is -1.09. The maximum Gasteiger partial charge on any atom is 0.435 e. The Morgan fingerprint density at radius 2 is 2.05 bits per heavy atom. The smallest absolute Gasteiger partial charge is 0.298 e. The molecule has 10 heteroatoms. The third kappa shape index (κ3) is 2.62. The SMILES string of the molecule is O=Cc1c(C(F)(F)F)nn(C2CCS(=O)(=O)C2)c1Cl. The van der Waals surface area contributed by atoms with Crippen LogP contribution >= 0.6 is 11.6 Å². The number of sulfone groups is 1. The zero-order chi connectivity index (χ0) is 14.4. The van der Waals surface area contributed by atoms with Crippen LogP contribution < -0.4 is 0 Å². The second-order valence-electron chi connectivity index (χ2n) is 4.17. The number of aromatic nitrogens is 2. The highest BCUT2D eigenvalue weighted by Gasteiger charge is 2.41. The topological polar surface area (TPSA) is 69.0 Å². The lowest BCUT2D eigenvalue weighted by atomic mass is 10.2. The lowest BCUT2D eigenvalue weighted by Gasteiger charge is -2.09. The summed E-state index contributed by atoms with van der Waals surface area (Å²) in [5.41, 5.74) is -2.16. The van der Waals surface area contributed by atoms with E-state index in [1.807, 2.05) is 0 Å². The average Bonchev–Trinajstić information content (AvgIpc) is 2.77. The first-order chi connectivity index (χ1) is 8.65. The van der Waals surface area contributed by atoms with E-state index in [4.69, 9.17) is 11.6 Å². The number of carbonyl (C=O) groups is 1. The van der Waals surface area contributed by atoms with Gasteiger partial charge in [0.1, 0.15) is 5.15 Å². The monoisotopic (exact) mass is 316 g/mol. The molecular formula is C9H8ClF3N2O3S. The van der Waals surface area contributed by atoms with Crippen LogP contribution in [0.3, 0.4) is 0 Å². The Balaban J connectivity index is 2.49. The largest absolute Gasteiger partial charge is 0.435 e. The lowest BCUT2D eigenvalue weighted by molar-refractivity contribution is -0.141. The minimum Gasteiger partial charge on any atom is -0.298 e. The highest BCUT2D eigenvalue weighted by Crippen LogP contribution is 2.36. The van der Waals surface area contributed by atoms with Crippen molar-refractivity contribution in [2.75, 3.05) is 11.5 Å². The van der Waals surface area contributed by atoms with E-state index in [-0.39, 0.29) is 24.2 Å². The number of alkyl halides is 3. The van der Waals surface area contributed by atoms with E-state index in [0.717, 1.165) is 4.68 Å². The number of hydrogen-bond donors (Lipinski definition) is 0. The van der Waals surface area contributed by atoms with Gasteiger partial charge in [0.05, 0.1) is 23.1 Å². The van der Waals surface area contributed by atoms with Crippen LogP contribution in [0.15, 0.2) is 0 Å². The Labute approximate surface area is 111 Å². The number of carbonyl (C=O) groups excluding carboxylic acids is 1. The minimum absolute atomic E-state index is 0.0297. The average molecular weight is 317 g/mol. The summed E-state index contributed by atoms with van der Waals surface area (Å²) in [6, 6.07) is -0.771. The molecule has 0 N–H and O–H groups in total. The molecule has 5 nitrogen and oxygen atoms in total. The molecule has 1 aromatic rings. The van der Waals surface area contributed by atoms with Gasteiger partial charge in [-0.15, -0.1) is 0 Å². The van der Waals surface area contributed by atoms with Crippen LogP contribution in [0.5, 0.6) is 0 Å². The van der Waals surface area contributed by atoms with Gasteiger partial charge in [0.2, 0.25) is 0 Å². The van der Waals surface area contributed by atoms with Gasteiger partial charge >= 0.3 is 6.18 Å². The van der Waals surface area contributed by atoms with Gasteiger partial charge in [-0.05, 0) is 6.42 Å². The molecule has 1 aliphatic heterocycles. The molecule has 1 aliphatic rings. The summed E-state index contributed by atoms with van der Waals surface area (Å²) in [5, 5.41) is 2.78. The van der Waals surface area contributed by atoms with E-state index >= 15 is 0 Å². The van der Waals surface area contributed by atoms with Gasteiger partial charge in [-0.1, -0.05) is 11.6 Å². The van der Waals surface area contributed by atoms with E-state index in [2.05, 4.69) is 5.10 Å². The van der Waals surface area contributed by atoms with Crippen LogP contribution in [0.1, 0.15) is 28.5 Å². The molecule has 0 saturated carbocycles. The van der Waals surface area contributed by atoms with E-state index in [1.165, 1.54) is 0 Å². The Morgan fingerprint density at radius 1 is 1.42 bits per heavy atom. The van der Waals surface area contributed by atoms with Crippen molar-refractivity contribution in [1.29, 1.82) is 0 Å². The molecule has 19 heavy (non-hydrogen) atoms. The summed E-state index contributed by atoms with van der Waals surface area (Å²) in [7, 11) is -3.30. The summed E-state index contributed by atoms with van der Waals surface area (Å²) in [6.07, 6.45) is -4.72. The molecule has 1 aromatic heterocycles. The molecule has 2 heterocycles. The molecule has 0 aromatic carbocycles. The van der Waals surface area contributed by atoms with Crippen LogP contribution in [0.25, 0.3) is 0 Å². The molecule has 1 fully saturated rings. The quantitative estimate of drug-likeness (QED) is 0.779. The van der Waals surface area contributed by atoms with E-state index in [0.29, 0.717) is 0 Å². The first kappa shape index (κ1) is 14.3.